The Hall–Kier alpha value is -1.75. The van der Waals surface area contributed by atoms with E-state index in [9.17, 15) is 0 Å². The molecule has 0 aromatic carbocycles. The highest BCUT2D eigenvalue weighted by molar-refractivity contribution is 7.25. The average Bonchev–Trinajstić information content (AvgIpc) is 2.67. The average molecular weight is 258 g/mol. The number of rotatable bonds is 1. The van der Waals surface area contributed by atoms with Gasteiger partial charge in [-0.05, 0) is 32.9 Å². The third-order valence-corrected chi connectivity index (χ3v) is 3.63. The van der Waals surface area contributed by atoms with Crippen molar-refractivity contribution in [2.24, 2.45) is 0 Å². The zero-order valence-corrected chi connectivity index (χ0v) is 11.4. The summed E-state index contributed by atoms with van der Waals surface area (Å²) in [5, 5.41) is 4.51. The van der Waals surface area contributed by atoms with E-state index in [-0.39, 0.29) is 5.54 Å². The number of nitrogens with one attached hydrogen (secondary N) is 1. The summed E-state index contributed by atoms with van der Waals surface area (Å²) in [6.07, 6.45) is 3.41. The summed E-state index contributed by atoms with van der Waals surface area (Å²) in [4.78, 5) is 14.1. The Labute approximate surface area is 109 Å². The third kappa shape index (κ3) is 1.90. The van der Waals surface area contributed by atoms with Gasteiger partial charge >= 0.3 is 0 Å². The highest BCUT2D eigenvalue weighted by Crippen LogP contribution is 2.35. The highest BCUT2D eigenvalue weighted by Gasteiger charge is 2.16. The van der Waals surface area contributed by atoms with Gasteiger partial charge in [0.15, 0.2) is 0 Å². The van der Waals surface area contributed by atoms with Gasteiger partial charge in [-0.3, -0.25) is 0 Å². The lowest BCUT2D eigenvalue weighted by Gasteiger charge is -2.21. The molecule has 0 unspecified atom stereocenters. The van der Waals surface area contributed by atoms with E-state index in [0.29, 0.717) is 0 Å². The van der Waals surface area contributed by atoms with Crippen LogP contribution in [-0.4, -0.2) is 20.5 Å². The molecule has 0 bridgehead atoms. The molecule has 3 aromatic heterocycles. The number of anilines is 1. The molecule has 0 radical (unpaired) electrons. The predicted molar refractivity (Wildman–Crippen MR) is 76.1 cm³/mol. The molecule has 3 rings (SSSR count). The van der Waals surface area contributed by atoms with Crippen LogP contribution in [0, 0.1) is 0 Å². The second-order valence-electron chi connectivity index (χ2n) is 5.23. The van der Waals surface area contributed by atoms with Crippen molar-refractivity contribution in [3.8, 4) is 0 Å². The first kappa shape index (κ1) is 11.3. The largest absolute Gasteiger partial charge is 0.364 e. The van der Waals surface area contributed by atoms with Crippen molar-refractivity contribution in [2.75, 3.05) is 5.32 Å². The summed E-state index contributed by atoms with van der Waals surface area (Å²) in [7, 11) is 0. The number of fused-ring (bicyclic) bond motifs is 3. The van der Waals surface area contributed by atoms with Gasteiger partial charge in [0.05, 0.1) is 10.2 Å². The number of pyridine rings is 1. The smallest absolute Gasteiger partial charge is 0.147 e. The van der Waals surface area contributed by atoms with Crippen molar-refractivity contribution in [2.45, 2.75) is 26.3 Å². The Morgan fingerprint density at radius 2 is 2.00 bits per heavy atom. The van der Waals surface area contributed by atoms with Crippen LogP contribution in [-0.2, 0) is 0 Å². The summed E-state index contributed by atoms with van der Waals surface area (Å²) in [5.74, 6) is 0.885. The van der Waals surface area contributed by atoms with E-state index < -0.39 is 0 Å². The van der Waals surface area contributed by atoms with E-state index in [1.165, 1.54) is 0 Å². The minimum Gasteiger partial charge on any atom is -0.364 e. The lowest BCUT2D eigenvalue weighted by atomic mass is 10.1. The second kappa shape index (κ2) is 3.88. The lowest BCUT2D eigenvalue weighted by Crippen LogP contribution is -2.26. The Kier molecular flexibility index (Phi) is 2.45. The molecular formula is C13H14N4S. The highest BCUT2D eigenvalue weighted by atomic mass is 32.1. The monoisotopic (exact) mass is 258 g/mol. The molecule has 0 atom stereocenters. The fourth-order valence-electron chi connectivity index (χ4n) is 1.86. The minimum atomic E-state index is -0.0229. The molecule has 0 aliphatic heterocycles. The molecule has 0 saturated carbocycles. The van der Waals surface area contributed by atoms with E-state index in [0.717, 1.165) is 26.3 Å². The Balaban J connectivity index is 2.28. The summed E-state index contributed by atoms with van der Waals surface area (Å²) in [5.41, 5.74) is 0.954. The maximum atomic E-state index is 4.38. The van der Waals surface area contributed by atoms with Gasteiger partial charge in [-0.2, -0.15) is 0 Å². The van der Waals surface area contributed by atoms with E-state index in [1.54, 1.807) is 17.7 Å². The van der Waals surface area contributed by atoms with Gasteiger partial charge in [0.25, 0.3) is 0 Å². The van der Waals surface area contributed by atoms with Crippen LogP contribution in [0.25, 0.3) is 20.4 Å². The zero-order chi connectivity index (χ0) is 12.8. The molecule has 4 nitrogen and oxygen atoms in total. The standard InChI is InChI=1S/C13H14N4S/c1-13(2,3)17-11-10-9(15-7-16-11)8-5-4-6-14-12(8)18-10/h4-7H,1-3H3,(H,15,16,17). The summed E-state index contributed by atoms with van der Waals surface area (Å²) >= 11 is 1.63. The first-order chi connectivity index (χ1) is 8.54. The number of thiophene rings is 1. The number of aromatic nitrogens is 3. The minimum absolute atomic E-state index is 0.0229. The van der Waals surface area contributed by atoms with Crippen LogP contribution < -0.4 is 5.32 Å². The van der Waals surface area contributed by atoms with Crippen molar-refractivity contribution in [1.82, 2.24) is 15.0 Å². The third-order valence-electron chi connectivity index (χ3n) is 2.52. The van der Waals surface area contributed by atoms with Crippen LogP contribution in [0.15, 0.2) is 24.7 Å². The van der Waals surface area contributed by atoms with Crippen molar-refractivity contribution in [3.05, 3.63) is 24.7 Å². The topological polar surface area (TPSA) is 50.7 Å². The molecule has 1 N–H and O–H groups in total. The fraction of sp³-hybridized carbons (Fsp3) is 0.308. The van der Waals surface area contributed by atoms with Gasteiger partial charge in [-0.25, -0.2) is 15.0 Å². The lowest BCUT2D eigenvalue weighted by molar-refractivity contribution is 0.631. The van der Waals surface area contributed by atoms with Crippen LogP contribution in [0.5, 0.6) is 0 Å². The summed E-state index contributed by atoms with van der Waals surface area (Å²) < 4.78 is 1.07. The summed E-state index contributed by atoms with van der Waals surface area (Å²) in [6, 6.07) is 3.99. The van der Waals surface area contributed by atoms with Gasteiger partial charge in [0, 0.05) is 17.1 Å². The number of hydrogen-bond donors (Lipinski definition) is 1. The Morgan fingerprint density at radius 3 is 2.78 bits per heavy atom. The maximum Gasteiger partial charge on any atom is 0.147 e. The first-order valence-electron chi connectivity index (χ1n) is 5.81. The van der Waals surface area contributed by atoms with E-state index in [1.807, 2.05) is 12.3 Å². The molecule has 0 aliphatic carbocycles. The zero-order valence-electron chi connectivity index (χ0n) is 10.6. The molecule has 0 fully saturated rings. The molecule has 0 spiro atoms. The van der Waals surface area contributed by atoms with Crippen molar-refractivity contribution in [3.63, 3.8) is 0 Å². The molecule has 5 heteroatoms. The molecule has 92 valence electrons. The molecule has 0 aliphatic rings. The van der Waals surface area contributed by atoms with E-state index in [4.69, 9.17) is 0 Å². The van der Waals surface area contributed by atoms with Gasteiger partial charge in [0.2, 0.25) is 0 Å². The van der Waals surface area contributed by atoms with Crippen LogP contribution >= 0.6 is 11.3 Å². The van der Waals surface area contributed by atoms with Gasteiger partial charge in [-0.15, -0.1) is 11.3 Å². The molecule has 3 aromatic rings. The van der Waals surface area contributed by atoms with Crippen molar-refractivity contribution in [1.29, 1.82) is 0 Å². The Morgan fingerprint density at radius 1 is 1.17 bits per heavy atom. The number of nitrogens with zero attached hydrogens (tertiary/aromatic N) is 3. The molecule has 0 saturated heterocycles. The van der Waals surface area contributed by atoms with Gasteiger partial charge in [-0.1, -0.05) is 0 Å². The normalized spacial score (nSPS) is 12.2. The van der Waals surface area contributed by atoms with Crippen LogP contribution in [0.2, 0.25) is 0 Å². The van der Waals surface area contributed by atoms with Crippen molar-refractivity contribution >= 4 is 37.6 Å². The van der Waals surface area contributed by atoms with Gasteiger partial charge in [0.1, 0.15) is 17.0 Å². The van der Waals surface area contributed by atoms with E-state index >= 15 is 0 Å². The molecular weight excluding hydrogens is 244 g/mol. The van der Waals surface area contributed by atoms with Crippen molar-refractivity contribution < 1.29 is 0 Å². The summed E-state index contributed by atoms with van der Waals surface area (Å²) in [6.45, 7) is 6.35. The molecule has 0 amide bonds. The van der Waals surface area contributed by atoms with Crippen LogP contribution in [0.4, 0.5) is 5.82 Å². The predicted octanol–water partition coefficient (Wildman–Crippen LogP) is 3.45. The molecule has 3 heterocycles. The quantitative estimate of drug-likeness (QED) is 0.726. The van der Waals surface area contributed by atoms with E-state index in [2.05, 4.69) is 47.1 Å². The number of hydrogen-bond acceptors (Lipinski definition) is 5. The fourth-order valence-corrected chi connectivity index (χ4v) is 2.90. The van der Waals surface area contributed by atoms with Crippen LogP contribution in [0.3, 0.4) is 0 Å². The first-order valence-corrected chi connectivity index (χ1v) is 6.63. The second-order valence-corrected chi connectivity index (χ2v) is 6.23. The van der Waals surface area contributed by atoms with Crippen LogP contribution in [0.1, 0.15) is 20.8 Å². The maximum absolute atomic E-state index is 4.38. The van der Waals surface area contributed by atoms with Gasteiger partial charge < -0.3 is 5.32 Å². The molecule has 18 heavy (non-hydrogen) atoms. The SMILES string of the molecule is CC(C)(C)Nc1ncnc2c1sc1ncccc12. The Bertz CT molecular complexity index is 712.